The molecule has 20 heavy (non-hydrogen) atoms. The van der Waals surface area contributed by atoms with Crippen molar-refractivity contribution < 1.29 is 0 Å². The Kier molecular flexibility index (Phi) is 6.05. The van der Waals surface area contributed by atoms with Crippen molar-refractivity contribution >= 4 is 22.9 Å². The van der Waals surface area contributed by atoms with Crippen molar-refractivity contribution in [2.45, 2.75) is 19.5 Å². The Labute approximate surface area is 130 Å². The van der Waals surface area contributed by atoms with Gasteiger partial charge in [0.05, 0.1) is 4.34 Å². The maximum atomic E-state index is 5.98. The molecule has 1 aromatic carbocycles. The van der Waals surface area contributed by atoms with Gasteiger partial charge in [-0.2, -0.15) is 0 Å². The molecule has 2 nitrogen and oxygen atoms in total. The predicted molar refractivity (Wildman–Crippen MR) is 88.6 cm³/mol. The molecule has 0 spiro atoms. The van der Waals surface area contributed by atoms with Crippen molar-refractivity contribution in [2.75, 3.05) is 20.6 Å². The number of nitrogens with zero attached hydrogens (tertiary/aromatic N) is 1. The van der Waals surface area contributed by atoms with E-state index in [2.05, 4.69) is 47.6 Å². The van der Waals surface area contributed by atoms with Crippen LogP contribution in [0, 0.1) is 0 Å². The maximum absolute atomic E-state index is 5.98. The Morgan fingerprint density at radius 2 is 1.85 bits per heavy atom. The highest BCUT2D eigenvalue weighted by molar-refractivity contribution is 7.16. The van der Waals surface area contributed by atoms with Crippen LogP contribution in [0.25, 0.3) is 0 Å². The number of halogens is 1. The summed E-state index contributed by atoms with van der Waals surface area (Å²) in [6.07, 6.45) is 1.07. The monoisotopic (exact) mass is 308 g/mol. The highest BCUT2D eigenvalue weighted by Gasteiger charge is 2.07. The first-order valence-corrected chi connectivity index (χ1v) is 8.02. The average molecular weight is 309 g/mol. The molecule has 0 amide bonds. The molecular weight excluding hydrogens is 288 g/mol. The lowest BCUT2D eigenvalue weighted by Crippen LogP contribution is -2.18. The molecule has 0 aliphatic carbocycles. The Morgan fingerprint density at radius 1 is 1.10 bits per heavy atom. The van der Waals surface area contributed by atoms with Crippen LogP contribution in [0.4, 0.5) is 0 Å². The Balaban J connectivity index is 1.98. The molecule has 0 fully saturated rings. The van der Waals surface area contributed by atoms with Gasteiger partial charge in [0.15, 0.2) is 0 Å². The number of thiophene rings is 1. The molecule has 0 aliphatic rings. The van der Waals surface area contributed by atoms with Gasteiger partial charge < -0.3 is 5.32 Å². The quantitative estimate of drug-likeness (QED) is 0.837. The van der Waals surface area contributed by atoms with Gasteiger partial charge in [-0.25, -0.2) is 0 Å². The van der Waals surface area contributed by atoms with E-state index in [1.54, 1.807) is 11.3 Å². The van der Waals surface area contributed by atoms with E-state index < -0.39 is 0 Å². The summed E-state index contributed by atoms with van der Waals surface area (Å²) >= 11 is 7.64. The molecule has 0 saturated carbocycles. The van der Waals surface area contributed by atoms with Crippen LogP contribution in [-0.4, -0.2) is 25.5 Å². The third kappa shape index (κ3) is 4.60. The summed E-state index contributed by atoms with van der Waals surface area (Å²) in [4.78, 5) is 3.64. The third-order valence-corrected chi connectivity index (χ3v) is 4.47. The second-order valence-corrected chi connectivity index (χ2v) is 6.80. The van der Waals surface area contributed by atoms with Crippen LogP contribution >= 0.6 is 22.9 Å². The normalized spacial score (nSPS) is 11.2. The number of likely N-dealkylation sites (N-methyl/N-ethyl adjacent to an activating group) is 1. The molecule has 4 heteroatoms. The molecular formula is C16H21ClN2S. The highest BCUT2D eigenvalue weighted by Crippen LogP contribution is 2.23. The maximum Gasteiger partial charge on any atom is 0.0931 e. The summed E-state index contributed by atoms with van der Waals surface area (Å²) in [6.45, 7) is 2.93. The van der Waals surface area contributed by atoms with Crippen molar-refractivity contribution in [2.24, 2.45) is 0 Å². The fourth-order valence-electron chi connectivity index (χ4n) is 2.26. The van der Waals surface area contributed by atoms with E-state index in [9.17, 15) is 0 Å². The van der Waals surface area contributed by atoms with Crippen molar-refractivity contribution in [3.8, 4) is 0 Å². The van der Waals surface area contributed by atoms with Crippen LogP contribution in [0.5, 0.6) is 0 Å². The molecule has 1 aromatic heterocycles. The molecule has 0 radical (unpaired) electrons. The zero-order valence-electron chi connectivity index (χ0n) is 12.0. The molecule has 2 aromatic rings. The smallest absolute Gasteiger partial charge is 0.0931 e. The van der Waals surface area contributed by atoms with Gasteiger partial charge in [-0.15, -0.1) is 11.3 Å². The number of hydrogen-bond acceptors (Lipinski definition) is 3. The molecule has 0 atom stereocenters. The topological polar surface area (TPSA) is 15.3 Å². The minimum Gasteiger partial charge on any atom is -0.319 e. The lowest BCUT2D eigenvalue weighted by molar-refractivity contribution is 0.321. The van der Waals surface area contributed by atoms with E-state index in [1.807, 2.05) is 13.1 Å². The summed E-state index contributed by atoms with van der Waals surface area (Å²) in [5.41, 5.74) is 2.84. The molecule has 0 aliphatic heterocycles. The molecule has 2 rings (SSSR count). The Bertz CT molecular complexity index is 539. The van der Waals surface area contributed by atoms with Crippen LogP contribution < -0.4 is 5.32 Å². The van der Waals surface area contributed by atoms with Crippen LogP contribution in [0.2, 0.25) is 4.34 Å². The number of benzene rings is 1. The lowest BCUT2D eigenvalue weighted by Gasteiger charge is -2.18. The average Bonchev–Trinajstić information content (AvgIpc) is 2.83. The standard InChI is InChI=1S/C16H21ClN2S/c1-18-10-9-13-5-3-4-6-14(13)11-19(2)12-15-7-8-16(17)20-15/h3-8,18H,9-12H2,1-2H3. The van der Waals surface area contributed by atoms with Gasteiger partial charge in [-0.1, -0.05) is 35.9 Å². The molecule has 0 bridgehead atoms. The fraction of sp³-hybridized carbons (Fsp3) is 0.375. The zero-order chi connectivity index (χ0) is 14.4. The summed E-state index contributed by atoms with van der Waals surface area (Å²) in [5.74, 6) is 0. The van der Waals surface area contributed by atoms with Gasteiger partial charge in [0.25, 0.3) is 0 Å². The first-order valence-electron chi connectivity index (χ1n) is 6.83. The number of nitrogens with one attached hydrogen (secondary N) is 1. The van der Waals surface area contributed by atoms with E-state index in [1.165, 1.54) is 16.0 Å². The van der Waals surface area contributed by atoms with Crippen LogP contribution in [0.3, 0.4) is 0 Å². The van der Waals surface area contributed by atoms with Gasteiger partial charge >= 0.3 is 0 Å². The molecule has 1 heterocycles. The van der Waals surface area contributed by atoms with Crippen molar-refractivity contribution in [1.29, 1.82) is 0 Å². The number of hydrogen-bond donors (Lipinski definition) is 1. The van der Waals surface area contributed by atoms with Gasteiger partial charge in [-0.3, -0.25) is 4.90 Å². The minimum absolute atomic E-state index is 0.864. The van der Waals surface area contributed by atoms with Crippen LogP contribution in [-0.2, 0) is 19.5 Å². The van der Waals surface area contributed by atoms with Gasteiger partial charge in [0, 0.05) is 18.0 Å². The lowest BCUT2D eigenvalue weighted by atomic mass is 10.0. The molecule has 0 saturated heterocycles. The van der Waals surface area contributed by atoms with E-state index in [0.717, 1.165) is 30.4 Å². The summed E-state index contributed by atoms with van der Waals surface area (Å²) in [7, 11) is 4.15. The van der Waals surface area contributed by atoms with Crippen molar-refractivity contribution in [3.05, 3.63) is 56.7 Å². The van der Waals surface area contributed by atoms with Crippen LogP contribution in [0.15, 0.2) is 36.4 Å². The largest absolute Gasteiger partial charge is 0.319 e. The van der Waals surface area contributed by atoms with Gasteiger partial charge in [0.2, 0.25) is 0 Å². The number of rotatable bonds is 7. The summed E-state index contributed by atoms with van der Waals surface area (Å²) in [6, 6.07) is 12.8. The minimum atomic E-state index is 0.864. The molecule has 1 N–H and O–H groups in total. The van der Waals surface area contributed by atoms with E-state index in [0.29, 0.717) is 0 Å². The first kappa shape index (κ1) is 15.5. The van der Waals surface area contributed by atoms with Crippen LogP contribution in [0.1, 0.15) is 16.0 Å². The second kappa shape index (κ2) is 7.79. The zero-order valence-corrected chi connectivity index (χ0v) is 13.6. The second-order valence-electron chi connectivity index (χ2n) is 5.00. The van der Waals surface area contributed by atoms with Gasteiger partial charge in [0.1, 0.15) is 0 Å². The first-order chi connectivity index (χ1) is 9.69. The van der Waals surface area contributed by atoms with Crippen molar-refractivity contribution in [1.82, 2.24) is 10.2 Å². The third-order valence-electron chi connectivity index (χ3n) is 3.26. The molecule has 108 valence electrons. The highest BCUT2D eigenvalue weighted by atomic mass is 35.5. The van der Waals surface area contributed by atoms with Gasteiger partial charge in [-0.05, 0) is 50.3 Å². The van der Waals surface area contributed by atoms with E-state index >= 15 is 0 Å². The summed E-state index contributed by atoms with van der Waals surface area (Å²) < 4.78 is 0.864. The fourth-order valence-corrected chi connectivity index (χ4v) is 3.43. The SMILES string of the molecule is CNCCc1ccccc1CN(C)Cc1ccc(Cl)s1. The Hall–Kier alpha value is -0.870. The van der Waals surface area contributed by atoms with E-state index in [-0.39, 0.29) is 0 Å². The van der Waals surface area contributed by atoms with Crippen molar-refractivity contribution in [3.63, 3.8) is 0 Å². The molecule has 0 unspecified atom stereocenters. The predicted octanol–water partition coefficient (Wildman–Crippen LogP) is 3.80. The van der Waals surface area contributed by atoms with E-state index in [4.69, 9.17) is 11.6 Å². The Morgan fingerprint density at radius 3 is 2.50 bits per heavy atom. The summed E-state index contributed by atoms with van der Waals surface area (Å²) in [5, 5.41) is 3.21.